The molecular weight excluding hydrogens is 214 g/mol. The van der Waals surface area contributed by atoms with E-state index in [0.717, 1.165) is 22.6 Å². The van der Waals surface area contributed by atoms with E-state index in [9.17, 15) is 5.11 Å². The molecule has 0 saturated heterocycles. The Hall–Kier alpha value is -1.68. The zero-order valence-corrected chi connectivity index (χ0v) is 10.2. The average molecular weight is 233 g/mol. The predicted octanol–water partition coefficient (Wildman–Crippen LogP) is 1.10. The van der Waals surface area contributed by atoms with Crippen LogP contribution < -0.4 is 16.4 Å². The van der Waals surface area contributed by atoms with Crippen LogP contribution in [0.2, 0.25) is 0 Å². The third kappa shape index (κ3) is 2.71. The first kappa shape index (κ1) is 11.8. The Bertz CT molecular complexity index is 446. The highest BCUT2D eigenvalue weighted by molar-refractivity contribution is 5.80. The van der Waals surface area contributed by atoms with Gasteiger partial charge in [-0.05, 0) is 19.9 Å². The summed E-state index contributed by atoms with van der Waals surface area (Å²) in [4.78, 5) is 0. The molecule has 0 saturated carbocycles. The fourth-order valence-corrected chi connectivity index (χ4v) is 1.82. The maximum atomic E-state index is 9.74. The highest BCUT2D eigenvalue weighted by atomic mass is 16.3. The molecule has 1 aromatic rings. The first-order valence-corrected chi connectivity index (χ1v) is 5.75. The predicted molar refractivity (Wildman–Crippen MR) is 70.3 cm³/mol. The van der Waals surface area contributed by atoms with Crippen LogP contribution in [-0.4, -0.2) is 23.8 Å². The van der Waals surface area contributed by atoms with Crippen LogP contribution in [0.25, 0.3) is 5.70 Å². The van der Waals surface area contributed by atoms with Crippen LogP contribution in [0.5, 0.6) is 0 Å². The van der Waals surface area contributed by atoms with Crippen molar-refractivity contribution in [2.75, 3.05) is 18.4 Å². The molecule has 4 nitrogen and oxygen atoms in total. The molecule has 1 aromatic carbocycles. The zero-order chi connectivity index (χ0) is 12.5. The van der Waals surface area contributed by atoms with Gasteiger partial charge in [-0.1, -0.05) is 18.2 Å². The SMILES string of the molecule is CC(C)(O)CNC1=C(N)CNc2ccccc21. The van der Waals surface area contributed by atoms with Crippen molar-refractivity contribution in [3.63, 3.8) is 0 Å². The molecule has 17 heavy (non-hydrogen) atoms. The number of nitrogens with two attached hydrogens (primary N) is 1. The lowest BCUT2D eigenvalue weighted by molar-refractivity contribution is 0.0842. The topological polar surface area (TPSA) is 70.3 Å². The molecule has 92 valence electrons. The van der Waals surface area contributed by atoms with Gasteiger partial charge in [-0.3, -0.25) is 0 Å². The molecule has 0 amide bonds. The van der Waals surface area contributed by atoms with Crippen molar-refractivity contribution >= 4 is 11.4 Å². The summed E-state index contributed by atoms with van der Waals surface area (Å²) < 4.78 is 0. The van der Waals surface area contributed by atoms with Gasteiger partial charge >= 0.3 is 0 Å². The van der Waals surface area contributed by atoms with Crippen LogP contribution in [0.1, 0.15) is 19.4 Å². The molecule has 0 radical (unpaired) electrons. The van der Waals surface area contributed by atoms with Gasteiger partial charge in [0.1, 0.15) is 0 Å². The van der Waals surface area contributed by atoms with Crippen LogP contribution in [0, 0.1) is 0 Å². The molecule has 0 spiro atoms. The van der Waals surface area contributed by atoms with Crippen LogP contribution in [0.3, 0.4) is 0 Å². The number of aliphatic hydroxyl groups is 1. The van der Waals surface area contributed by atoms with E-state index in [1.54, 1.807) is 13.8 Å². The lowest BCUT2D eigenvalue weighted by atomic mass is 10.0. The van der Waals surface area contributed by atoms with Crippen molar-refractivity contribution < 1.29 is 5.11 Å². The molecule has 1 aliphatic heterocycles. The van der Waals surface area contributed by atoms with E-state index in [2.05, 4.69) is 10.6 Å². The van der Waals surface area contributed by atoms with Crippen LogP contribution in [0.4, 0.5) is 5.69 Å². The normalized spacial score (nSPS) is 15.2. The summed E-state index contributed by atoms with van der Waals surface area (Å²) in [5.41, 5.74) is 9.05. The van der Waals surface area contributed by atoms with Gasteiger partial charge in [-0.15, -0.1) is 0 Å². The van der Waals surface area contributed by atoms with E-state index >= 15 is 0 Å². The number of hydrogen-bond acceptors (Lipinski definition) is 4. The van der Waals surface area contributed by atoms with E-state index in [1.807, 2.05) is 24.3 Å². The molecule has 2 rings (SSSR count). The quantitative estimate of drug-likeness (QED) is 0.631. The van der Waals surface area contributed by atoms with Crippen LogP contribution in [-0.2, 0) is 0 Å². The van der Waals surface area contributed by atoms with Gasteiger partial charge in [0.05, 0.1) is 23.5 Å². The summed E-state index contributed by atoms with van der Waals surface area (Å²) >= 11 is 0. The van der Waals surface area contributed by atoms with Gasteiger partial charge in [0.15, 0.2) is 0 Å². The standard InChI is InChI=1S/C13H19N3O/c1-13(2,17)8-16-12-9-5-3-4-6-11(9)15-7-10(12)14/h3-6,15-17H,7-8,14H2,1-2H3. The number of nitrogens with one attached hydrogen (secondary N) is 2. The van der Waals surface area contributed by atoms with Gasteiger partial charge in [-0.2, -0.15) is 0 Å². The molecular formula is C13H19N3O. The summed E-state index contributed by atoms with van der Waals surface area (Å²) in [6.07, 6.45) is 0. The fraction of sp³-hybridized carbons (Fsp3) is 0.385. The Kier molecular flexibility index (Phi) is 2.98. The number of benzene rings is 1. The van der Waals surface area contributed by atoms with Crippen molar-refractivity contribution in [2.24, 2.45) is 5.73 Å². The Morgan fingerprint density at radius 1 is 1.41 bits per heavy atom. The Morgan fingerprint density at radius 2 is 2.12 bits per heavy atom. The summed E-state index contributed by atoms with van der Waals surface area (Å²) in [7, 11) is 0. The molecule has 4 heteroatoms. The van der Waals surface area contributed by atoms with Crippen molar-refractivity contribution in [2.45, 2.75) is 19.4 Å². The second kappa shape index (κ2) is 4.30. The largest absolute Gasteiger partial charge is 0.399 e. The summed E-state index contributed by atoms with van der Waals surface area (Å²) in [5, 5.41) is 16.2. The number of rotatable bonds is 3. The minimum Gasteiger partial charge on any atom is -0.399 e. The van der Waals surface area contributed by atoms with Gasteiger partial charge in [0, 0.05) is 17.8 Å². The van der Waals surface area contributed by atoms with Crippen molar-refractivity contribution in [1.82, 2.24) is 5.32 Å². The molecule has 1 heterocycles. The number of hydrogen-bond donors (Lipinski definition) is 4. The van der Waals surface area contributed by atoms with E-state index in [1.165, 1.54) is 0 Å². The molecule has 5 N–H and O–H groups in total. The van der Waals surface area contributed by atoms with E-state index in [-0.39, 0.29) is 0 Å². The van der Waals surface area contributed by atoms with Gasteiger partial charge in [0.25, 0.3) is 0 Å². The van der Waals surface area contributed by atoms with Crippen molar-refractivity contribution in [1.29, 1.82) is 0 Å². The Morgan fingerprint density at radius 3 is 2.82 bits per heavy atom. The highest BCUT2D eigenvalue weighted by Gasteiger charge is 2.19. The third-order valence-corrected chi connectivity index (χ3v) is 2.68. The first-order chi connectivity index (χ1) is 7.97. The number of anilines is 1. The Balaban J connectivity index is 2.25. The van der Waals surface area contributed by atoms with E-state index in [4.69, 9.17) is 5.73 Å². The van der Waals surface area contributed by atoms with Crippen LogP contribution >= 0.6 is 0 Å². The summed E-state index contributed by atoms with van der Waals surface area (Å²) in [5.74, 6) is 0. The smallest absolute Gasteiger partial charge is 0.0763 e. The average Bonchev–Trinajstić information content (AvgIpc) is 2.26. The second-order valence-electron chi connectivity index (χ2n) is 4.97. The van der Waals surface area contributed by atoms with Crippen LogP contribution in [0.15, 0.2) is 30.0 Å². The van der Waals surface area contributed by atoms with Crippen molar-refractivity contribution in [3.8, 4) is 0 Å². The fourth-order valence-electron chi connectivity index (χ4n) is 1.82. The molecule has 0 unspecified atom stereocenters. The van der Waals surface area contributed by atoms with Crippen molar-refractivity contribution in [3.05, 3.63) is 35.5 Å². The minimum atomic E-state index is -0.757. The monoisotopic (exact) mass is 233 g/mol. The third-order valence-electron chi connectivity index (χ3n) is 2.68. The van der Waals surface area contributed by atoms with Gasteiger partial charge < -0.3 is 21.5 Å². The highest BCUT2D eigenvalue weighted by Crippen LogP contribution is 2.27. The number of para-hydroxylation sites is 1. The lowest BCUT2D eigenvalue weighted by Gasteiger charge is -2.26. The van der Waals surface area contributed by atoms with E-state index in [0.29, 0.717) is 13.1 Å². The summed E-state index contributed by atoms with van der Waals surface area (Å²) in [6.45, 7) is 4.63. The second-order valence-corrected chi connectivity index (χ2v) is 4.97. The van der Waals surface area contributed by atoms with Gasteiger partial charge in [0.2, 0.25) is 0 Å². The first-order valence-electron chi connectivity index (χ1n) is 5.75. The maximum absolute atomic E-state index is 9.74. The zero-order valence-electron chi connectivity index (χ0n) is 10.2. The Labute approximate surface area is 102 Å². The summed E-state index contributed by atoms with van der Waals surface area (Å²) in [6, 6.07) is 8.00. The van der Waals surface area contributed by atoms with Gasteiger partial charge in [-0.25, -0.2) is 0 Å². The number of fused-ring (bicyclic) bond motifs is 1. The lowest BCUT2D eigenvalue weighted by Crippen LogP contribution is -2.36. The molecule has 0 bridgehead atoms. The molecule has 0 aromatic heterocycles. The van der Waals surface area contributed by atoms with E-state index < -0.39 is 5.60 Å². The molecule has 0 aliphatic carbocycles. The molecule has 1 aliphatic rings. The molecule has 0 fully saturated rings. The molecule has 0 atom stereocenters. The minimum absolute atomic E-state index is 0.470. The maximum Gasteiger partial charge on any atom is 0.0763 e.